The van der Waals surface area contributed by atoms with Crippen LogP contribution in [0.15, 0.2) is 133 Å². The normalized spacial score (nSPS) is 14.6. The molecule has 44 heavy (non-hydrogen) atoms. The molecule has 6 aromatic carbocycles. The second kappa shape index (κ2) is 8.99. The Hall–Kier alpha value is -5.53. The number of para-hydroxylation sites is 4. The summed E-state index contributed by atoms with van der Waals surface area (Å²) in [6.07, 6.45) is 0. The lowest BCUT2D eigenvalue weighted by atomic mass is 9.33. The third-order valence-electron chi connectivity index (χ3n) is 9.85. The van der Waals surface area contributed by atoms with Crippen molar-refractivity contribution in [1.82, 2.24) is 0 Å². The molecule has 3 nitrogen and oxygen atoms in total. The summed E-state index contributed by atoms with van der Waals surface area (Å²) in [4.78, 5) is 4.97. The summed E-state index contributed by atoms with van der Waals surface area (Å²) in [7, 11) is 0. The topological polar surface area (TPSA) is 30.3 Å². The van der Waals surface area contributed by atoms with Crippen molar-refractivity contribution in [3.05, 3.63) is 150 Å². The number of hydrogen-bond acceptors (Lipinski definition) is 3. The molecule has 0 N–H and O–H groups in total. The molecular weight excluding hydrogens is 533 g/mol. The number of nitriles is 1. The number of anilines is 6. The third kappa shape index (κ3) is 3.27. The highest BCUT2D eigenvalue weighted by molar-refractivity contribution is 7.00. The zero-order chi connectivity index (χ0) is 29.6. The maximum atomic E-state index is 9.49. The summed E-state index contributed by atoms with van der Waals surface area (Å²) in [6, 6.07) is 50.4. The first-order chi connectivity index (χ1) is 21.6. The fraction of sp³-hybridized carbons (Fsp3) is 0.0750. The molecule has 6 aromatic rings. The molecule has 0 amide bonds. The van der Waals surface area contributed by atoms with Crippen molar-refractivity contribution in [2.45, 2.75) is 19.3 Å². The van der Waals surface area contributed by atoms with E-state index in [0.717, 1.165) is 16.8 Å². The Balaban J connectivity index is 1.43. The van der Waals surface area contributed by atoms with Crippen molar-refractivity contribution in [1.29, 1.82) is 5.26 Å². The molecule has 0 fully saturated rings. The van der Waals surface area contributed by atoms with Crippen molar-refractivity contribution < 1.29 is 0 Å². The van der Waals surface area contributed by atoms with Crippen molar-refractivity contribution in [3.8, 4) is 17.2 Å². The molecular formula is C40H28BN3. The van der Waals surface area contributed by atoms with Crippen LogP contribution in [0.3, 0.4) is 0 Å². The zero-order valence-corrected chi connectivity index (χ0v) is 24.6. The Morgan fingerprint density at radius 2 is 1.20 bits per heavy atom. The molecule has 0 aromatic heterocycles. The van der Waals surface area contributed by atoms with Crippen molar-refractivity contribution in [2.24, 2.45) is 0 Å². The summed E-state index contributed by atoms with van der Waals surface area (Å²) in [5, 5.41) is 9.49. The first kappa shape index (κ1) is 25.0. The molecule has 0 spiro atoms. The van der Waals surface area contributed by atoms with Crippen LogP contribution in [0.1, 0.15) is 30.5 Å². The predicted molar refractivity (Wildman–Crippen MR) is 183 cm³/mol. The van der Waals surface area contributed by atoms with E-state index in [1.165, 1.54) is 56.0 Å². The molecule has 0 bridgehead atoms. The van der Waals surface area contributed by atoms with E-state index < -0.39 is 0 Å². The van der Waals surface area contributed by atoms with Gasteiger partial charge >= 0.3 is 0 Å². The highest BCUT2D eigenvalue weighted by Gasteiger charge is 2.48. The van der Waals surface area contributed by atoms with Crippen LogP contribution in [0.2, 0.25) is 0 Å². The minimum absolute atomic E-state index is 0.0958. The monoisotopic (exact) mass is 561 g/mol. The van der Waals surface area contributed by atoms with Crippen LogP contribution >= 0.6 is 0 Å². The quantitative estimate of drug-likeness (QED) is 0.201. The number of fused-ring (bicyclic) bond motifs is 6. The Labute approximate surface area is 258 Å². The Kier molecular flexibility index (Phi) is 5.11. The van der Waals surface area contributed by atoms with E-state index in [1.807, 2.05) is 12.1 Å². The molecule has 206 valence electrons. The second-order valence-corrected chi connectivity index (χ2v) is 12.5. The highest BCUT2D eigenvalue weighted by Crippen LogP contribution is 2.54. The summed E-state index contributed by atoms with van der Waals surface area (Å²) in [5.74, 6) is 0. The molecule has 0 radical (unpaired) electrons. The third-order valence-corrected chi connectivity index (χ3v) is 9.85. The van der Waals surface area contributed by atoms with E-state index >= 15 is 0 Å². The molecule has 0 saturated heterocycles. The lowest BCUT2D eigenvalue weighted by molar-refractivity contribution is 0.632. The van der Waals surface area contributed by atoms with Crippen LogP contribution in [0.25, 0.3) is 11.1 Å². The minimum Gasteiger partial charge on any atom is -0.311 e. The van der Waals surface area contributed by atoms with Gasteiger partial charge in [0, 0.05) is 33.9 Å². The Bertz CT molecular complexity index is 2180. The van der Waals surface area contributed by atoms with Crippen LogP contribution < -0.4 is 26.2 Å². The fourth-order valence-electron chi connectivity index (χ4n) is 7.85. The van der Waals surface area contributed by atoms with Crippen molar-refractivity contribution in [3.63, 3.8) is 0 Å². The van der Waals surface area contributed by atoms with E-state index in [0.29, 0.717) is 5.56 Å². The molecule has 3 heterocycles. The number of hydrogen-bond donors (Lipinski definition) is 0. The average molecular weight is 561 g/mol. The van der Waals surface area contributed by atoms with Gasteiger partial charge in [-0.25, -0.2) is 0 Å². The Morgan fingerprint density at radius 3 is 1.98 bits per heavy atom. The summed E-state index contributed by atoms with van der Waals surface area (Å²) < 4.78 is 0. The van der Waals surface area contributed by atoms with Crippen LogP contribution in [0, 0.1) is 11.3 Å². The number of nitrogens with zero attached hydrogens (tertiary/aromatic N) is 3. The van der Waals surface area contributed by atoms with Gasteiger partial charge in [0.1, 0.15) is 0 Å². The largest absolute Gasteiger partial charge is 0.311 e. The van der Waals surface area contributed by atoms with Gasteiger partial charge in [-0.2, -0.15) is 5.26 Å². The number of benzene rings is 6. The van der Waals surface area contributed by atoms with Gasteiger partial charge in [0.15, 0.2) is 0 Å². The van der Waals surface area contributed by atoms with Gasteiger partial charge in [-0.05, 0) is 87.2 Å². The maximum Gasteiger partial charge on any atom is 0.252 e. The van der Waals surface area contributed by atoms with Crippen LogP contribution in [-0.2, 0) is 5.41 Å². The lowest BCUT2D eigenvalue weighted by Crippen LogP contribution is -2.62. The van der Waals surface area contributed by atoms with Gasteiger partial charge < -0.3 is 9.80 Å². The summed E-state index contributed by atoms with van der Waals surface area (Å²) >= 11 is 0. The smallest absolute Gasteiger partial charge is 0.252 e. The first-order valence-electron chi connectivity index (χ1n) is 15.2. The fourth-order valence-corrected chi connectivity index (χ4v) is 7.85. The minimum atomic E-state index is -0.145. The molecule has 3 aliphatic rings. The Morgan fingerprint density at radius 1 is 0.568 bits per heavy atom. The van der Waals surface area contributed by atoms with Gasteiger partial charge in [0.2, 0.25) is 0 Å². The van der Waals surface area contributed by atoms with E-state index in [-0.39, 0.29) is 12.1 Å². The molecule has 9 rings (SSSR count). The zero-order valence-electron chi connectivity index (χ0n) is 24.6. The van der Waals surface area contributed by atoms with Gasteiger partial charge in [0.25, 0.3) is 6.71 Å². The van der Waals surface area contributed by atoms with Gasteiger partial charge in [-0.3, -0.25) is 0 Å². The van der Waals surface area contributed by atoms with E-state index in [2.05, 4.69) is 151 Å². The van der Waals surface area contributed by atoms with Crippen LogP contribution in [-0.4, -0.2) is 6.71 Å². The lowest BCUT2D eigenvalue weighted by Gasteiger charge is -2.49. The average Bonchev–Trinajstić information content (AvgIpc) is 3.07. The second-order valence-electron chi connectivity index (χ2n) is 12.5. The standard InChI is InChI=1S/C40H28BN3/c1-40(2)30-13-6-8-17-34(30)44-37-24-28(27-21-19-26(25-42)20-22-27)23-36-38(37)41(33-16-10-14-31(40)39(33)44)32-15-7-9-18-35(32)43(36)29-11-4-3-5-12-29/h3-24H,1-2H3. The number of rotatable bonds is 2. The summed E-state index contributed by atoms with van der Waals surface area (Å²) in [6.45, 7) is 4.82. The molecule has 0 saturated carbocycles. The molecule has 0 atom stereocenters. The van der Waals surface area contributed by atoms with Crippen molar-refractivity contribution in [2.75, 3.05) is 9.80 Å². The van der Waals surface area contributed by atoms with Gasteiger partial charge in [-0.1, -0.05) is 98.8 Å². The van der Waals surface area contributed by atoms with Crippen LogP contribution in [0.5, 0.6) is 0 Å². The van der Waals surface area contributed by atoms with E-state index in [9.17, 15) is 5.26 Å². The highest BCUT2D eigenvalue weighted by atomic mass is 15.2. The van der Waals surface area contributed by atoms with E-state index in [1.54, 1.807) is 0 Å². The first-order valence-corrected chi connectivity index (χ1v) is 15.2. The SMILES string of the molecule is CC1(C)c2ccccc2N2c3cc(-c4ccc(C#N)cc4)cc4c3B(c3ccccc3N4c3ccccc3)c3cccc1c32. The molecule has 3 aliphatic heterocycles. The van der Waals surface area contributed by atoms with Gasteiger partial charge in [-0.15, -0.1) is 0 Å². The maximum absolute atomic E-state index is 9.49. The van der Waals surface area contributed by atoms with Crippen LogP contribution in [0.4, 0.5) is 34.1 Å². The molecule has 0 unspecified atom stereocenters. The molecule has 4 heteroatoms. The predicted octanol–water partition coefficient (Wildman–Crippen LogP) is 7.95. The molecule has 0 aliphatic carbocycles. The summed E-state index contributed by atoms with van der Waals surface area (Å²) in [5.41, 5.74) is 16.7. The van der Waals surface area contributed by atoms with Crippen molar-refractivity contribution >= 4 is 57.2 Å². The van der Waals surface area contributed by atoms with E-state index in [4.69, 9.17) is 0 Å². The van der Waals surface area contributed by atoms with Gasteiger partial charge in [0.05, 0.1) is 17.3 Å².